The highest BCUT2D eigenvalue weighted by atomic mass is 15.2. The normalized spacial score (nSPS) is 42.9. The smallest absolute Gasteiger partial charge is 0.0278 e. The Morgan fingerprint density at radius 2 is 1.88 bits per heavy atom. The highest BCUT2D eigenvalue weighted by molar-refractivity contribution is 5.02. The molecule has 0 amide bonds. The van der Waals surface area contributed by atoms with E-state index in [1.807, 2.05) is 0 Å². The molecule has 3 atom stereocenters. The summed E-state index contributed by atoms with van der Waals surface area (Å²) in [6.07, 6.45) is 14.4. The molecule has 90 valence electrons. The maximum Gasteiger partial charge on any atom is 0.0278 e. The molecular weight excluding hydrogens is 196 g/mol. The lowest BCUT2D eigenvalue weighted by Gasteiger charge is -2.39. The third kappa shape index (κ3) is 2.05. The number of nitrogens with one attached hydrogen (secondary N) is 1. The van der Waals surface area contributed by atoms with Crippen molar-refractivity contribution in [3.05, 3.63) is 12.2 Å². The lowest BCUT2D eigenvalue weighted by molar-refractivity contribution is 0.137. The molecule has 2 nitrogen and oxygen atoms in total. The number of hydrogen-bond acceptors (Lipinski definition) is 2. The van der Waals surface area contributed by atoms with Crippen molar-refractivity contribution in [1.29, 1.82) is 0 Å². The van der Waals surface area contributed by atoms with Gasteiger partial charge in [-0.2, -0.15) is 0 Å². The average Bonchev–Trinajstić information content (AvgIpc) is 2.68. The van der Waals surface area contributed by atoms with Gasteiger partial charge in [0.1, 0.15) is 0 Å². The number of fused-ring (bicyclic) bond motifs is 2. The Balaban J connectivity index is 1.63. The maximum absolute atomic E-state index is 3.73. The van der Waals surface area contributed by atoms with Crippen molar-refractivity contribution in [2.24, 2.45) is 0 Å². The van der Waals surface area contributed by atoms with Crippen molar-refractivity contribution >= 4 is 0 Å². The number of allylic oxidation sites excluding steroid dienone is 1. The predicted octanol–water partition coefficient (Wildman–Crippen LogP) is 2.31. The fraction of sp³-hybridized carbons (Fsp3) is 0.857. The molecule has 2 fully saturated rings. The second kappa shape index (κ2) is 4.50. The van der Waals surface area contributed by atoms with Crippen LogP contribution < -0.4 is 5.32 Å². The van der Waals surface area contributed by atoms with Crippen LogP contribution in [0.5, 0.6) is 0 Å². The molecule has 3 unspecified atom stereocenters. The Labute approximate surface area is 99.1 Å². The first-order chi connectivity index (χ1) is 7.83. The zero-order valence-corrected chi connectivity index (χ0v) is 10.4. The molecule has 2 aliphatic heterocycles. The molecule has 16 heavy (non-hydrogen) atoms. The van der Waals surface area contributed by atoms with E-state index in [0.29, 0.717) is 0 Å². The molecule has 2 saturated heterocycles. The first-order valence-electron chi connectivity index (χ1n) is 6.97. The molecule has 2 bridgehead atoms. The standard InChI is InChI=1S/C14H24N2/c1-16(13-5-3-2-4-6-13)14-9-11-7-8-12(10-14)15-11/h3,5,11-15H,2,4,6-10H2,1H3. The van der Waals surface area contributed by atoms with Gasteiger partial charge in [0, 0.05) is 24.2 Å². The largest absolute Gasteiger partial charge is 0.311 e. The molecular formula is C14H24N2. The Morgan fingerprint density at radius 1 is 1.12 bits per heavy atom. The quantitative estimate of drug-likeness (QED) is 0.718. The van der Waals surface area contributed by atoms with Gasteiger partial charge >= 0.3 is 0 Å². The highest BCUT2D eigenvalue weighted by Gasteiger charge is 2.36. The van der Waals surface area contributed by atoms with Crippen LogP contribution in [0.3, 0.4) is 0 Å². The van der Waals surface area contributed by atoms with E-state index in [-0.39, 0.29) is 0 Å². The van der Waals surface area contributed by atoms with E-state index in [0.717, 1.165) is 24.2 Å². The van der Waals surface area contributed by atoms with Gasteiger partial charge in [0.2, 0.25) is 0 Å². The summed E-state index contributed by atoms with van der Waals surface area (Å²) in [5.74, 6) is 0. The summed E-state index contributed by atoms with van der Waals surface area (Å²) in [5.41, 5.74) is 0. The number of piperidine rings is 1. The van der Waals surface area contributed by atoms with Gasteiger partial charge < -0.3 is 5.32 Å². The maximum atomic E-state index is 3.73. The van der Waals surface area contributed by atoms with Crippen LogP contribution in [0.25, 0.3) is 0 Å². The third-order valence-electron chi connectivity index (χ3n) is 4.78. The Bertz CT molecular complexity index is 262. The molecule has 0 aromatic carbocycles. The van der Waals surface area contributed by atoms with Crippen molar-refractivity contribution in [3.63, 3.8) is 0 Å². The SMILES string of the molecule is CN(C1C=CCCC1)C1CC2CCC(C1)N2. The summed E-state index contributed by atoms with van der Waals surface area (Å²) in [7, 11) is 2.34. The predicted molar refractivity (Wildman–Crippen MR) is 67.5 cm³/mol. The Morgan fingerprint density at radius 3 is 2.50 bits per heavy atom. The molecule has 0 radical (unpaired) electrons. The molecule has 0 aromatic heterocycles. The number of nitrogens with zero attached hydrogens (tertiary/aromatic N) is 1. The van der Waals surface area contributed by atoms with Crippen molar-refractivity contribution in [2.45, 2.75) is 69.1 Å². The van der Waals surface area contributed by atoms with E-state index in [9.17, 15) is 0 Å². The Hall–Kier alpha value is -0.340. The molecule has 1 N–H and O–H groups in total. The van der Waals surface area contributed by atoms with Crippen LogP contribution in [0.2, 0.25) is 0 Å². The fourth-order valence-electron chi connectivity index (χ4n) is 3.76. The van der Waals surface area contributed by atoms with Gasteiger partial charge in [-0.05, 0) is 52.0 Å². The van der Waals surface area contributed by atoms with E-state index in [4.69, 9.17) is 0 Å². The van der Waals surface area contributed by atoms with Gasteiger partial charge in [0.25, 0.3) is 0 Å². The molecule has 0 spiro atoms. The van der Waals surface area contributed by atoms with Gasteiger partial charge in [-0.25, -0.2) is 0 Å². The summed E-state index contributed by atoms with van der Waals surface area (Å²) in [5, 5.41) is 3.73. The van der Waals surface area contributed by atoms with E-state index < -0.39 is 0 Å². The van der Waals surface area contributed by atoms with E-state index in [1.54, 1.807) is 0 Å². The van der Waals surface area contributed by atoms with Crippen LogP contribution in [0.4, 0.5) is 0 Å². The number of hydrogen-bond donors (Lipinski definition) is 1. The van der Waals surface area contributed by atoms with Gasteiger partial charge in [0.05, 0.1) is 0 Å². The van der Waals surface area contributed by atoms with Crippen LogP contribution in [0.1, 0.15) is 44.9 Å². The first kappa shape index (κ1) is 10.8. The van der Waals surface area contributed by atoms with Crippen LogP contribution in [0.15, 0.2) is 12.2 Å². The summed E-state index contributed by atoms with van der Waals surface area (Å²) >= 11 is 0. The van der Waals surface area contributed by atoms with Crippen molar-refractivity contribution in [2.75, 3.05) is 7.05 Å². The van der Waals surface area contributed by atoms with Crippen molar-refractivity contribution < 1.29 is 0 Å². The molecule has 2 heterocycles. The molecule has 3 rings (SSSR count). The van der Waals surface area contributed by atoms with Gasteiger partial charge in [0.15, 0.2) is 0 Å². The van der Waals surface area contributed by atoms with Gasteiger partial charge in [-0.3, -0.25) is 4.90 Å². The third-order valence-corrected chi connectivity index (χ3v) is 4.78. The van der Waals surface area contributed by atoms with E-state index in [1.165, 1.54) is 44.9 Å². The second-order valence-electron chi connectivity index (χ2n) is 5.85. The topological polar surface area (TPSA) is 15.3 Å². The van der Waals surface area contributed by atoms with Crippen molar-refractivity contribution in [3.8, 4) is 0 Å². The summed E-state index contributed by atoms with van der Waals surface area (Å²) in [6, 6.07) is 3.18. The lowest BCUT2D eigenvalue weighted by atomic mass is 9.94. The lowest BCUT2D eigenvalue weighted by Crippen LogP contribution is -2.49. The summed E-state index contributed by atoms with van der Waals surface area (Å²) < 4.78 is 0. The molecule has 0 saturated carbocycles. The fourth-order valence-corrected chi connectivity index (χ4v) is 3.76. The Kier molecular flexibility index (Phi) is 3.03. The minimum absolute atomic E-state index is 0.719. The molecule has 2 heteroatoms. The van der Waals surface area contributed by atoms with Gasteiger partial charge in [-0.1, -0.05) is 12.2 Å². The second-order valence-corrected chi connectivity index (χ2v) is 5.85. The molecule has 1 aliphatic carbocycles. The number of rotatable bonds is 2. The van der Waals surface area contributed by atoms with Gasteiger partial charge in [-0.15, -0.1) is 0 Å². The van der Waals surface area contributed by atoms with Crippen LogP contribution in [0, 0.1) is 0 Å². The van der Waals surface area contributed by atoms with Crippen LogP contribution in [-0.2, 0) is 0 Å². The molecule has 0 aromatic rings. The minimum Gasteiger partial charge on any atom is -0.311 e. The first-order valence-corrected chi connectivity index (χ1v) is 6.97. The zero-order valence-electron chi connectivity index (χ0n) is 10.4. The highest BCUT2D eigenvalue weighted by Crippen LogP contribution is 2.31. The summed E-state index contributed by atoms with van der Waals surface area (Å²) in [6.45, 7) is 0. The number of likely N-dealkylation sites (N-methyl/N-ethyl adjacent to an activating group) is 1. The molecule has 3 aliphatic rings. The summed E-state index contributed by atoms with van der Waals surface area (Å²) in [4.78, 5) is 2.65. The minimum atomic E-state index is 0.719. The van der Waals surface area contributed by atoms with E-state index >= 15 is 0 Å². The van der Waals surface area contributed by atoms with E-state index in [2.05, 4.69) is 29.4 Å². The average molecular weight is 220 g/mol. The monoisotopic (exact) mass is 220 g/mol. The van der Waals surface area contributed by atoms with Crippen LogP contribution in [-0.4, -0.2) is 36.1 Å². The van der Waals surface area contributed by atoms with Crippen LogP contribution >= 0.6 is 0 Å². The van der Waals surface area contributed by atoms with Crippen molar-refractivity contribution in [1.82, 2.24) is 10.2 Å². The zero-order chi connectivity index (χ0) is 11.0.